The van der Waals surface area contributed by atoms with E-state index in [1.807, 2.05) is 0 Å². The van der Waals surface area contributed by atoms with Crippen molar-refractivity contribution in [1.82, 2.24) is 9.38 Å². The highest BCUT2D eigenvalue weighted by Gasteiger charge is 2.10. The fourth-order valence-electron chi connectivity index (χ4n) is 1.79. The van der Waals surface area contributed by atoms with Gasteiger partial charge in [0.1, 0.15) is 11.5 Å². The zero-order valence-electron chi connectivity index (χ0n) is 9.07. The third-order valence-electron chi connectivity index (χ3n) is 2.62. The number of hydrogen-bond acceptors (Lipinski definition) is 1. The molecule has 0 bridgehead atoms. The molecule has 0 saturated heterocycles. The van der Waals surface area contributed by atoms with Crippen molar-refractivity contribution in [2.45, 2.75) is 0 Å². The van der Waals surface area contributed by atoms with E-state index in [0.717, 1.165) is 10.1 Å². The quantitative estimate of drug-likeness (QED) is 0.641. The molecule has 3 rings (SSSR count). The first-order valence-electron chi connectivity index (χ1n) is 5.23. The number of fused-ring (bicyclic) bond motifs is 1. The summed E-state index contributed by atoms with van der Waals surface area (Å²) in [6, 6.07) is 8.33. The Morgan fingerprint density at radius 3 is 2.83 bits per heavy atom. The monoisotopic (exact) mass is 324 g/mol. The number of halogens is 3. The molecular formula is C13H7BrClFN2. The van der Waals surface area contributed by atoms with Gasteiger partial charge in [0.05, 0.1) is 10.7 Å². The molecule has 0 aliphatic heterocycles. The number of hydrogen-bond donors (Lipinski definition) is 0. The van der Waals surface area contributed by atoms with Crippen molar-refractivity contribution in [3.8, 4) is 11.3 Å². The van der Waals surface area contributed by atoms with Gasteiger partial charge in [-0.2, -0.15) is 0 Å². The van der Waals surface area contributed by atoms with Gasteiger partial charge in [-0.05, 0) is 30.3 Å². The Morgan fingerprint density at radius 2 is 2.00 bits per heavy atom. The summed E-state index contributed by atoms with van der Waals surface area (Å²) < 4.78 is 16.4. The maximum Gasteiger partial charge on any atom is 0.137 e. The smallest absolute Gasteiger partial charge is 0.137 e. The van der Waals surface area contributed by atoms with Crippen LogP contribution in [0, 0.1) is 5.82 Å². The van der Waals surface area contributed by atoms with Gasteiger partial charge in [-0.15, -0.1) is 0 Å². The summed E-state index contributed by atoms with van der Waals surface area (Å²) in [7, 11) is 0. The van der Waals surface area contributed by atoms with Gasteiger partial charge in [-0.25, -0.2) is 9.37 Å². The largest absolute Gasteiger partial charge is 0.305 e. The summed E-state index contributed by atoms with van der Waals surface area (Å²) >= 11 is 9.23. The third kappa shape index (κ3) is 2.02. The lowest BCUT2D eigenvalue weighted by Gasteiger charge is -1.99. The molecular weight excluding hydrogens is 319 g/mol. The van der Waals surface area contributed by atoms with Gasteiger partial charge in [0.15, 0.2) is 0 Å². The molecule has 2 heterocycles. The lowest BCUT2D eigenvalue weighted by Crippen LogP contribution is -1.83. The number of nitrogens with zero attached hydrogens (tertiary/aromatic N) is 2. The Hall–Kier alpha value is -1.39. The highest BCUT2D eigenvalue weighted by atomic mass is 79.9. The first-order chi connectivity index (χ1) is 8.63. The first-order valence-corrected chi connectivity index (χ1v) is 6.40. The Labute approximate surface area is 116 Å². The SMILES string of the molecule is Fc1ccc(Br)cc1-c1cn2cc(Cl)ccc2n1. The van der Waals surface area contributed by atoms with Gasteiger partial charge >= 0.3 is 0 Å². The molecule has 0 aliphatic carbocycles. The van der Waals surface area contributed by atoms with Gasteiger partial charge in [0, 0.05) is 22.4 Å². The lowest BCUT2D eigenvalue weighted by atomic mass is 10.1. The minimum absolute atomic E-state index is 0.298. The molecule has 2 nitrogen and oxygen atoms in total. The average molecular weight is 326 g/mol. The van der Waals surface area contributed by atoms with Crippen LogP contribution in [-0.2, 0) is 0 Å². The summed E-state index contributed by atoms with van der Waals surface area (Å²) in [5.74, 6) is -0.298. The summed E-state index contributed by atoms with van der Waals surface area (Å²) in [6.45, 7) is 0. The van der Waals surface area contributed by atoms with Crippen molar-refractivity contribution in [2.75, 3.05) is 0 Å². The Bertz CT molecular complexity index is 739. The fourth-order valence-corrected chi connectivity index (χ4v) is 2.32. The van der Waals surface area contributed by atoms with Gasteiger partial charge in [-0.3, -0.25) is 0 Å². The zero-order chi connectivity index (χ0) is 12.7. The predicted octanol–water partition coefficient (Wildman–Crippen LogP) is 4.56. The van der Waals surface area contributed by atoms with Crippen LogP contribution in [0.15, 0.2) is 47.2 Å². The van der Waals surface area contributed by atoms with Crippen LogP contribution in [-0.4, -0.2) is 9.38 Å². The van der Waals surface area contributed by atoms with E-state index in [9.17, 15) is 4.39 Å². The number of imidazole rings is 1. The predicted molar refractivity (Wildman–Crippen MR) is 73.3 cm³/mol. The highest BCUT2D eigenvalue weighted by Crippen LogP contribution is 2.26. The van der Waals surface area contributed by atoms with Crippen molar-refractivity contribution in [2.24, 2.45) is 0 Å². The van der Waals surface area contributed by atoms with E-state index in [4.69, 9.17) is 11.6 Å². The summed E-state index contributed by atoms with van der Waals surface area (Å²) in [6.07, 6.45) is 3.50. The summed E-state index contributed by atoms with van der Waals surface area (Å²) in [4.78, 5) is 4.37. The Morgan fingerprint density at radius 1 is 1.17 bits per heavy atom. The standard InChI is InChI=1S/C13H7BrClFN2/c14-8-1-3-11(16)10(5-8)12-7-18-6-9(15)2-4-13(18)17-12/h1-7H. The summed E-state index contributed by atoms with van der Waals surface area (Å²) in [5, 5.41) is 0.612. The van der Waals surface area contributed by atoms with Crippen molar-refractivity contribution in [3.63, 3.8) is 0 Å². The molecule has 3 aromatic rings. The molecule has 0 fully saturated rings. The summed E-state index contributed by atoms with van der Waals surface area (Å²) in [5.41, 5.74) is 1.77. The molecule has 2 aromatic heterocycles. The molecule has 0 atom stereocenters. The molecule has 5 heteroatoms. The van der Waals surface area contributed by atoms with E-state index >= 15 is 0 Å². The van der Waals surface area contributed by atoms with Crippen LogP contribution in [0.2, 0.25) is 5.02 Å². The second-order valence-corrected chi connectivity index (χ2v) is 5.22. The average Bonchev–Trinajstić information content (AvgIpc) is 2.74. The molecule has 0 amide bonds. The van der Waals surface area contributed by atoms with Crippen LogP contribution < -0.4 is 0 Å². The number of pyridine rings is 1. The van der Waals surface area contributed by atoms with E-state index in [2.05, 4.69) is 20.9 Å². The molecule has 0 spiro atoms. The van der Waals surface area contributed by atoms with Crippen LogP contribution in [0.3, 0.4) is 0 Å². The molecule has 0 saturated carbocycles. The fraction of sp³-hybridized carbons (Fsp3) is 0. The molecule has 90 valence electrons. The minimum Gasteiger partial charge on any atom is -0.305 e. The van der Waals surface area contributed by atoms with Crippen molar-refractivity contribution in [1.29, 1.82) is 0 Å². The molecule has 0 radical (unpaired) electrons. The number of benzene rings is 1. The van der Waals surface area contributed by atoms with Crippen LogP contribution in [0.1, 0.15) is 0 Å². The topological polar surface area (TPSA) is 17.3 Å². The van der Waals surface area contributed by atoms with Gasteiger partial charge in [0.2, 0.25) is 0 Å². The second-order valence-electron chi connectivity index (χ2n) is 3.86. The van der Waals surface area contributed by atoms with Gasteiger partial charge in [0.25, 0.3) is 0 Å². The van der Waals surface area contributed by atoms with Crippen molar-refractivity contribution < 1.29 is 4.39 Å². The minimum atomic E-state index is -0.298. The number of aromatic nitrogens is 2. The van der Waals surface area contributed by atoms with Crippen molar-refractivity contribution in [3.05, 3.63) is 58.0 Å². The molecule has 0 unspecified atom stereocenters. The highest BCUT2D eigenvalue weighted by molar-refractivity contribution is 9.10. The zero-order valence-corrected chi connectivity index (χ0v) is 11.4. The maximum absolute atomic E-state index is 13.8. The van der Waals surface area contributed by atoms with Gasteiger partial charge < -0.3 is 4.40 Å². The van der Waals surface area contributed by atoms with Crippen LogP contribution in [0.4, 0.5) is 4.39 Å². The van der Waals surface area contributed by atoms with Gasteiger partial charge in [-0.1, -0.05) is 27.5 Å². The molecule has 1 aromatic carbocycles. The lowest BCUT2D eigenvalue weighted by molar-refractivity contribution is 0.630. The molecule has 0 aliphatic rings. The maximum atomic E-state index is 13.8. The molecule has 0 N–H and O–H groups in total. The first kappa shape index (κ1) is 11.7. The van der Waals surface area contributed by atoms with E-state index in [0.29, 0.717) is 16.3 Å². The number of rotatable bonds is 1. The van der Waals surface area contributed by atoms with Crippen molar-refractivity contribution >= 4 is 33.2 Å². The van der Waals surface area contributed by atoms with E-state index in [1.54, 1.807) is 41.1 Å². The second kappa shape index (κ2) is 4.37. The Balaban J connectivity index is 2.22. The normalized spacial score (nSPS) is 11.1. The van der Waals surface area contributed by atoms with Crippen LogP contribution in [0.25, 0.3) is 16.9 Å². The van der Waals surface area contributed by atoms with Crippen LogP contribution in [0.5, 0.6) is 0 Å². The van der Waals surface area contributed by atoms with Crippen LogP contribution >= 0.6 is 27.5 Å². The van der Waals surface area contributed by atoms with E-state index in [1.165, 1.54) is 6.07 Å². The van der Waals surface area contributed by atoms with E-state index in [-0.39, 0.29) is 5.82 Å². The molecule has 18 heavy (non-hydrogen) atoms. The van der Waals surface area contributed by atoms with E-state index < -0.39 is 0 Å². The Kier molecular flexibility index (Phi) is 2.84. The third-order valence-corrected chi connectivity index (χ3v) is 3.34.